The highest BCUT2D eigenvalue weighted by atomic mass is 32.2. The Morgan fingerprint density at radius 3 is 2.59 bits per heavy atom. The molecule has 5 nitrogen and oxygen atoms in total. The van der Waals surface area contributed by atoms with Crippen molar-refractivity contribution in [2.45, 2.75) is 38.0 Å². The van der Waals surface area contributed by atoms with Crippen LogP contribution in [0.3, 0.4) is 0 Å². The number of amides is 1. The van der Waals surface area contributed by atoms with Crippen molar-refractivity contribution in [2.75, 3.05) is 13.1 Å². The molecule has 1 aliphatic carbocycles. The first-order chi connectivity index (χ1) is 10.2. The summed E-state index contributed by atoms with van der Waals surface area (Å²) in [6.07, 6.45) is -0.0383. The number of hydrogen-bond acceptors (Lipinski definition) is 2. The molecule has 0 bridgehead atoms. The molecule has 1 aromatic rings. The quantitative estimate of drug-likeness (QED) is 0.878. The summed E-state index contributed by atoms with van der Waals surface area (Å²) in [6, 6.07) is 8.08. The second-order valence-electron chi connectivity index (χ2n) is 7.31. The van der Waals surface area contributed by atoms with Crippen molar-refractivity contribution in [1.82, 2.24) is 9.62 Å². The van der Waals surface area contributed by atoms with E-state index in [0.29, 0.717) is 13.1 Å². The maximum atomic E-state index is 12.5. The fraction of sp³-hybridized carbons (Fsp3) is 0.562. The van der Waals surface area contributed by atoms with Crippen LogP contribution in [0.15, 0.2) is 24.3 Å². The van der Waals surface area contributed by atoms with Crippen molar-refractivity contribution >= 4 is 17.1 Å². The summed E-state index contributed by atoms with van der Waals surface area (Å²) in [5.41, 5.74) is 2.23. The molecule has 3 rings (SSSR count). The van der Waals surface area contributed by atoms with E-state index in [4.69, 9.17) is 5.11 Å². The van der Waals surface area contributed by atoms with Crippen LogP contribution < -0.4 is 4.72 Å². The van der Waals surface area contributed by atoms with E-state index in [9.17, 15) is 9.00 Å². The maximum absolute atomic E-state index is 12.5. The minimum Gasteiger partial charge on any atom is -0.465 e. The van der Waals surface area contributed by atoms with E-state index in [0.717, 1.165) is 12.0 Å². The molecule has 1 heterocycles. The monoisotopic (exact) mass is 322 g/mol. The lowest BCUT2D eigenvalue weighted by Crippen LogP contribution is -2.62. The Morgan fingerprint density at radius 1 is 1.36 bits per heavy atom. The molecule has 1 saturated heterocycles. The lowest BCUT2D eigenvalue weighted by molar-refractivity contribution is -0.00349. The van der Waals surface area contributed by atoms with Crippen LogP contribution in [0.4, 0.5) is 4.79 Å². The van der Waals surface area contributed by atoms with E-state index < -0.39 is 17.1 Å². The van der Waals surface area contributed by atoms with Gasteiger partial charge in [0.2, 0.25) is 0 Å². The molecule has 1 fully saturated rings. The summed E-state index contributed by atoms with van der Waals surface area (Å²) in [6.45, 7) is 6.81. The Balaban J connectivity index is 1.89. The number of carboxylic acid groups (broad SMARTS) is 1. The number of nitrogens with zero attached hydrogens (tertiary/aromatic N) is 1. The molecule has 0 saturated carbocycles. The SMILES string of the molecule is CC(C)(C)S(=O)N[C@@H]1c2ccccc2CC12CN(C(=O)O)C2. The number of nitrogens with one attached hydrogen (secondary N) is 1. The van der Waals surface area contributed by atoms with Gasteiger partial charge in [-0.05, 0) is 38.3 Å². The highest BCUT2D eigenvalue weighted by Gasteiger charge is 2.55. The third kappa shape index (κ3) is 2.44. The number of rotatable bonds is 2. The van der Waals surface area contributed by atoms with E-state index in [1.165, 1.54) is 10.5 Å². The van der Waals surface area contributed by atoms with Crippen molar-refractivity contribution in [2.24, 2.45) is 5.41 Å². The lowest BCUT2D eigenvalue weighted by Gasteiger charge is -2.50. The van der Waals surface area contributed by atoms with Gasteiger partial charge in [0.05, 0.1) is 21.8 Å². The van der Waals surface area contributed by atoms with Crippen LogP contribution in [0.5, 0.6) is 0 Å². The Hall–Kier alpha value is -1.40. The highest BCUT2D eigenvalue weighted by Crippen LogP contribution is 2.51. The minimum atomic E-state index is -1.19. The summed E-state index contributed by atoms with van der Waals surface area (Å²) >= 11 is 0. The third-order valence-corrected chi connectivity index (χ3v) is 6.15. The maximum Gasteiger partial charge on any atom is 0.407 e. The average molecular weight is 322 g/mol. The molecule has 1 amide bonds. The number of carbonyl (C=O) groups is 1. The van der Waals surface area contributed by atoms with Gasteiger partial charge in [0.1, 0.15) is 0 Å². The molecule has 1 aromatic carbocycles. The van der Waals surface area contributed by atoms with Crippen LogP contribution in [0.2, 0.25) is 0 Å². The molecule has 1 spiro atoms. The third-order valence-electron chi connectivity index (χ3n) is 4.58. The smallest absolute Gasteiger partial charge is 0.407 e. The first kappa shape index (κ1) is 15.5. The second-order valence-corrected chi connectivity index (χ2v) is 9.31. The van der Waals surface area contributed by atoms with Crippen molar-refractivity contribution in [3.05, 3.63) is 35.4 Å². The van der Waals surface area contributed by atoms with Gasteiger partial charge in [-0.15, -0.1) is 0 Å². The molecule has 2 N–H and O–H groups in total. The molecule has 22 heavy (non-hydrogen) atoms. The predicted octanol–water partition coefficient (Wildman–Crippen LogP) is 2.32. The largest absolute Gasteiger partial charge is 0.465 e. The van der Waals surface area contributed by atoms with Crippen LogP contribution in [0.1, 0.15) is 37.9 Å². The van der Waals surface area contributed by atoms with Gasteiger partial charge in [-0.25, -0.2) is 13.7 Å². The summed E-state index contributed by atoms with van der Waals surface area (Å²) in [7, 11) is -1.19. The summed E-state index contributed by atoms with van der Waals surface area (Å²) in [5, 5.41) is 9.14. The van der Waals surface area contributed by atoms with Gasteiger partial charge in [-0.2, -0.15) is 0 Å². The average Bonchev–Trinajstić information content (AvgIpc) is 2.70. The number of likely N-dealkylation sites (tertiary alicyclic amines) is 1. The molecule has 0 aromatic heterocycles. The Labute approximate surface area is 133 Å². The fourth-order valence-electron chi connectivity index (χ4n) is 3.40. The van der Waals surface area contributed by atoms with Gasteiger partial charge < -0.3 is 10.0 Å². The van der Waals surface area contributed by atoms with Crippen LogP contribution in [-0.4, -0.2) is 38.1 Å². The summed E-state index contributed by atoms with van der Waals surface area (Å²) in [5.74, 6) is 0. The zero-order chi connectivity index (χ0) is 16.1. The fourth-order valence-corrected chi connectivity index (χ4v) is 4.35. The molecule has 2 aliphatic rings. The lowest BCUT2D eigenvalue weighted by atomic mass is 9.74. The van der Waals surface area contributed by atoms with E-state index in [1.807, 2.05) is 32.9 Å². The van der Waals surface area contributed by atoms with Crippen molar-refractivity contribution < 1.29 is 14.1 Å². The molecule has 1 aliphatic heterocycles. The molecular formula is C16H22N2O3S. The standard InChI is InChI=1S/C16H22N2O3S/c1-15(2,3)22(21)17-13-12-7-5-4-6-11(12)8-16(13)9-18(10-16)14(19)20/h4-7,13,17H,8-10H2,1-3H3,(H,19,20)/t13-,22?/m1/s1. The molecular weight excluding hydrogens is 300 g/mol. The first-order valence-electron chi connectivity index (χ1n) is 7.47. The Morgan fingerprint density at radius 2 is 2.00 bits per heavy atom. The highest BCUT2D eigenvalue weighted by molar-refractivity contribution is 7.84. The first-order valence-corrected chi connectivity index (χ1v) is 8.62. The van der Waals surface area contributed by atoms with Gasteiger partial charge in [0.25, 0.3) is 0 Å². The van der Waals surface area contributed by atoms with E-state index in [1.54, 1.807) is 0 Å². The topological polar surface area (TPSA) is 69.6 Å². The van der Waals surface area contributed by atoms with E-state index >= 15 is 0 Å². The van der Waals surface area contributed by atoms with Crippen molar-refractivity contribution in [3.8, 4) is 0 Å². The van der Waals surface area contributed by atoms with Crippen LogP contribution >= 0.6 is 0 Å². The van der Waals surface area contributed by atoms with Gasteiger partial charge in [-0.3, -0.25) is 0 Å². The molecule has 0 radical (unpaired) electrons. The minimum absolute atomic E-state index is 0.0561. The Bertz CT molecular complexity index is 633. The van der Waals surface area contributed by atoms with E-state index in [2.05, 4.69) is 16.9 Å². The van der Waals surface area contributed by atoms with Gasteiger partial charge in [-0.1, -0.05) is 24.3 Å². The molecule has 120 valence electrons. The van der Waals surface area contributed by atoms with Crippen molar-refractivity contribution in [3.63, 3.8) is 0 Å². The van der Waals surface area contributed by atoms with Crippen molar-refractivity contribution in [1.29, 1.82) is 0 Å². The summed E-state index contributed by atoms with van der Waals surface area (Å²) < 4.78 is 15.5. The number of benzene rings is 1. The second kappa shape index (κ2) is 5.06. The number of fused-ring (bicyclic) bond motifs is 1. The van der Waals surface area contributed by atoms with Crippen LogP contribution in [0.25, 0.3) is 0 Å². The summed E-state index contributed by atoms with van der Waals surface area (Å²) in [4.78, 5) is 12.6. The normalized spacial score (nSPS) is 24.0. The molecule has 6 heteroatoms. The zero-order valence-electron chi connectivity index (χ0n) is 13.1. The van der Waals surface area contributed by atoms with Crippen LogP contribution in [0, 0.1) is 5.41 Å². The Kier molecular flexibility index (Phi) is 3.57. The number of hydrogen-bond donors (Lipinski definition) is 2. The van der Waals surface area contributed by atoms with E-state index in [-0.39, 0.29) is 16.2 Å². The zero-order valence-corrected chi connectivity index (χ0v) is 13.9. The predicted molar refractivity (Wildman–Crippen MR) is 85.9 cm³/mol. The van der Waals surface area contributed by atoms with Crippen LogP contribution in [-0.2, 0) is 17.4 Å². The van der Waals surface area contributed by atoms with Gasteiger partial charge >= 0.3 is 6.09 Å². The van der Waals surface area contributed by atoms with Gasteiger partial charge in [0, 0.05) is 18.5 Å². The molecule has 2 atom stereocenters. The molecule has 1 unspecified atom stereocenters. The van der Waals surface area contributed by atoms with Gasteiger partial charge in [0.15, 0.2) is 0 Å².